The van der Waals surface area contributed by atoms with Crippen molar-refractivity contribution in [3.8, 4) is 22.9 Å². The van der Waals surface area contributed by atoms with Crippen molar-refractivity contribution < 1.29 is 9.21 Å². The molecule has 4 aliphatic rings. The number of rotatable bonds is 0. The quantitative estimate of drug-likeness (QED) is 0.369. The van der Waals surface area contributed by atoms with Gasteiger partial charge in [-0.05, 0) is 68.4 Å². The molecule has 4 aliphatic heterocycles. The molecule has 2 aromatic heterocycles. The van der Waals surface area contributed by atoms with Gasteiger partial charge in [-0.3, -0.25) is 4.79 Å². The minimum atomic E-state index is -0.448. The zero-order valence-corrected chi connectivity index (χ0v) is 23.3. The molecular weight excluding hydrogens is 532 g/mol. The summed E-state index contributed by atoms with van der Waals surface area (Å²) in [5.41, 5.74) is 2.46. The van der Waals surface area contributed by atoms with Crippen molar-refractivity contribution in [3.63, 3.8) is 0 Å². The highest BCUT2D eigenvalue weighted by atomic mass is 79.9. The van der Waals surface area contributed by atoms with Gasteiger partial charge in [0.15, 0.2) is 0 Å². The number of piperidine rings is 2. The van der Waals surface area contributed by atoms with Gasteiger partial charge in [-0.1, -0.05) is 22.9 Å². The van der Waals surface area contributed by atoms with Crippen molar-refractivity contribution in [1.29, 1.82) is 0 Å². The number of fused-ring (bicyclic) bond motifs is 4. The maximum atomic E-state index is 13.8. The summed E-state index contributed by atoms with van der Waals surface area (Å²) in [5, 5.41) is 8.85. The molecule has 8 nitrogen and oxygen atoms in total. The molecule has 0 spiro atoms. The lowest BCUT2D eigenvalue weighted by Crippen LogP contribution is -2.53. The molecule has 8 bridgehead atoms. The number of hydrogen-bond acceptors (Lipinski definition) is 7. The Hall–Kier alpha value is -2.94. The van der Waals surface area contributed by atoms with E-state index in [1.807, 2.05) is 36.2 Å². The third-order valence-corrected chi connectivity index (χ3v) is 8.91. The van der Waals surface area contributed by atoms with Gasteiger partial charge in [-0.2, -0.15) is 0 Å². The minimum absolute atomic E-state index is 0.0663. The second-order valence-corrected chi connectivity index (χ2v) is 12.4. The predicted octanol–water partition coefficient (Wildman–Crippen LogP) is 5.25. The molecule has 2 fully saturated rings. The van der Waals surface area contributed by atoms with Crippen LogP contribution >= 0.6 is 15.9 Å². The van der Waals surface area contributed by atoms with E-state index >= 15 is 0 Å². The van der Waals surface area contributed by atoms with E-state index in [2.05, 4.69) is 60.8 Å². The zero-order valence-electron chi connectivity index (χ0n) is 21.7. The summed E-state index contributed by atoms with van der Waals surface area (Å²) < 4.78 is 7.26. The first-order valence-electron chi connectivity index (χ1n) is 13.1. The maximum absolute atomic E-state index is 13.8. The van der Waals surface area contributed by atoms with Crippen molar-refractivity contribution >= 4 is 33.3 Å². The predicted molar refractivity (Wildman–Crippen MR) is 147 cm³/mol. The Labute approximate surface area is 226 Å². The molecule has 1 atom stereocenters. The summed E-state index contributed by atoms with van der Waals surface area (Å²) in [5.74, 6) is 2.05. The topological polar surface area (TPSA) is 78.6 Å². The highest BCUT2D eigenvalue weighted by molar-refractivity contribution is 9.10. The van der Waals surface area contributed by atoms with Crippen molar-refractivity contribution in [2.24, 2.45) is 10.8 Å². The zero-order chi connectivity index (χ0) is 25.8. The number of hydrogen-bond donors (Lipinski definition) is 0. The third-order valence-electron chi connectivity index (χ3n) is 8.42. The van der Waals surface area contributed by atoms with Crippen molar-refractivity contribution in [2.45, 2.75) is 39.5 Å². The van der Waals surface area contributed by atoms with E-state index < -0.39 is 5.41 Å². The molecule has 194 valence electrons. The Morgan fingerprint density at radius 1 is 0.946 bits per heavy atom. The summed E-state index contributed by atoms with van der Waals surface area (Å²) in [7, 11) is 1.99. The lowest BCUT2D eigenvalue weighted by atomic mass is 9.77. The van der Waals surface area contributed by atoms with Gasteiger partial charge in [-0.25, -0.2) is 4.98 Å². The van der Waals surface area contributed by atoms with Gasteiger partial charge >= 0.3 is 0 Å². The van der Waals surface area contributed by atoms with E-state index in [4.69, 9.17) is 4.42 Å². The summed E-state index contributed by atoms with van der Waals surface area (Å²) in [6.45, 7) is 8.53. The molecule has 0 N–H and O–H groups in total. The van der Waals surface area contributed by atoms with Crippen LogP contribution in [0, 0.1) is 10.8 Å². The van der Waals surface area contributed by atoms with Crippen LogP contribution in [0.25, 0.3) is 22.9 Å². The van der Waals surface area contributed by atoms with E-state index in [0.29, 0.717) is 18.3 Å². The highest BCUT2D eigenvalue weighted by Gasteiger charge is 2.42. The Morgan fingerprint density at radius 2 is 1.73 bits per heavy atom. The number of pyridine rings is 1. The SMILES string of the molecule is CN1CC2(C)CCN(CC2)c2cc(Br)ccc2-c2nnc(o2)-c2ccnc(c2)N2CCCC(C)(C2)C1=O. The molecule has 3 aromatic rings. The van der Waals surface area contributed by atoms with Gasteiger partial charge in [0.1, 0.15) is 5.82 Å². The maximum Gasteiger partial charge on any atom is 0.250 e. The Balaban J connectivity index is 1.45. The lowest BCUT2D eigenvalue weighted by molar-refractivity contribution is -0.142. The lowest BCUT2D eigenvalue weighted by Gasteiger charge is -2.45. The number of aromatic nitrogens is 3. The van der Waals surface area contributed by atoms with Crippen LogP contribution in [-0.4, -0.2) is 65.8 Å². The molecule has 37 heavy (non-hydrogen) atoms. The average molecular weight is 566 g/mol. The van der Waals surface area contributed by atoms with Gasteiger partial charge in [0.2, 0.25) is 17.7 Å². The van der Waals surface area contributed by atoms with Crippen LogP contribution in [0.5, 0.6) is 0 Å². The molecule has 0 saturated carbocycles. The summed E-state index contributed by atoms with van der Waals surface area (Å²) >= 11 is 3.65. The van der Waals surface area contributed by atoms with E-state index in [9.17, 15) is 4.79 Å². The Bertz CT molecular complexity index is 1330. The fourth-order valence-corrected chi connectivity index (χ4v) is 6.63. The number of nitrogens with zero attached hydrogens (tertiary/aromatic N) is 6. The van der Waals surface area contributed by atoms with Crippen LogP contribution < -0.4 is 9.80 Å². The monoisotopic (exact) mass is 564 g/mol. The molecule has 2 saturated heterocycles. The van der Waals surface area contributed by atoms with Crippen LogP contribution in [-0.2, 0) is 4.79 Å². The third kappa shape index (κ3) is 4.51. The molecule has 1 aromatic carbocycles. The summed E-state index contributed by atoms with van der Waals surface area (Å²) in [6, 6.07) is 10.1. The number of carbonyl (C=O) groups excluding carboxylic acids is 1. The van der Waals surface area contributed by atoms with E-state index in [1.165, 1.54) is 0 Å². The molecule has 1 amide bonds. The van der Waals surface area contributed by atoms with Crippen LogP contribution in [0.2, 0.25) is 0 Å². The van der Waals surface area contributed by atoms with E-state index in [0.717, 1.165) is 79.0 Å². The largest absolute Gasteiger partial charge is 0.416 e. The van der Waals surface area contributed by atoms with Gasteiger partial charge in [0.05, 0.1) is 16.7 Å². The number of carbonyl (C=O) groups is 1. The standard InChI is InChI=1S/C28H33BrN6O2/c1-27-9-13-34(14-10-27)22-16-20(29)5-6-21(22)25-32-31-24(37-25)19-7-11-30-23(15-19)35-12-4-8-28(2,18-35)26(36)33(3)17-27/h5-7,11,15-16H,4,8-10,12-14,17-18H2,1-3H3. The summed E-state index contributed by atoms with van der Waals surface area (Å²) in [4.78, 5) is 25.1. The van der Waals surface area contributed by atoms with Crippen LogP contribution in [0.3, 0.4) is 0 Å². The van der Waals surface area contributed by atoms with Gasteiger partial charge < -0.3 is 19.1 Å². The average Bonchev–Trinajstić information content (AvgIpc) is 3.38. The van der Waals surface area contributed by atoms with Gasteiger partial charge in [0.25, 0.3) is 0 Å². The molecule has 9 heteroatoms. The first-order chi connectivity index (χ1) is 17.7. The molecular formula is C28H33BrN6O2. The first-order valence-corrected chi connectivity index (χ1v) is 13.9. The van der Waals surface area contributed by atoms with E-state index in [-0.39, 0.29) is 11.3 Å². The molecule has 7 rings (SSSR count). The van der Waals surface area contributed by atoms with Crippen LogP contribution in [0.4, 0.5) is 11.5 Å². The summed E-state index contributed by atoms with van der Waals surface area (Å²) in [6.07, 6.45) is 5.62. The number of amides is 1. The van der Waals surface area contributed by atoms with Crippen LogP contribution in [0.15, 0.2) is 45.4 Å². The number of halogens is 1. The van der Waals surface area contributed by atoms with Gasteiger partial charge in [-0.15, -0.1) is 10.2 Å². The molecule has 6 heterocycles. The van der Waals surface area contributed by atoms with Gasteiger partial charge in [0, 0.05) is 56.0 Å². The first kappa shape index (κ1) is 24.4. The number of benzene rings is 1. The van der Waals surface area contributed by atoms with Crippen LogP contribution in [0.1, 0.15) is 39.5 Å². The second-order valence-electron chi connectivity index (χ2n) is 11.5. The smallest absolute Gasteiger partial charge is 0.250 e. The van der Waals surface area contributed by atoms with Crippen molar-refractivity contribution in [3.05, 3.63) is 41.0 Å². The van der Waals surface area contributed by atoms with Crippen molar-refractivity contribution in [2.75, 3.05) is 49.6 Å². The molecule has 0 radical (unpaired) electrons. The normalized spacial score (nSPS) is 26.1. The molecule has 1 unspecified atom stereocenters. The Morgan fingerprint density at radius 3 is 2.54 bits per heavy atom. The molecule has 0 aliphatic carbocycles. The number of anilines is 2. The Kier molecular flexibility index (Phi) is 6.01. The fourth-order valence-electron chi connectivity index (χ4n) is 6.28. The fraction of sp³-hybridized carbons (Fsp3) is 0.500. The minimum Gasteiger partial charge on any atom is -0.416 e. The van der Waals surface area contributed by atoms with E-state index in [1.54, 1.807) is 6.20 Å². The van der Waals surface area contributed by atoms with Crippen molar-refractivity contribution in [1.82, 2.24) is 20.1 Å². The second kappa shape index (κ2) is 9.11. The highest BCUT2D eigenvalue weighted by Crippen LogP contribution is 2.41.